The number of pyridine rings is 1. The predicted molar refractivity (Wildman–Crippen MR) is 84.7 cm³/mol. The van der Waals surface area contributed by atoms with Crippen LogP contribution in [0.5, 0.6) is 0 Å². The van der Waals surface area contributed by atoms with Crippen LogP contribution in [-0.2, 0) is 6.54 Å². The van der Waals surface area contributed by atoms with E-state index in [-0.39, 0.29) is 5.54 Å². The number of rotatable bonds is 4. The van der Waals surface area contributed by atoms with Gasteiger partial charge in [-0.3, -0.25) is 0 Å². The van der Waals surface area contributed by atoms with Crippen LogP contribution in [0.1, 0.15) is 56.5 Å². The second-order valence-electron chi connectivity index (χ2n) is 7.04. The maximum atomic E-state index is 4.67. The molecular formula is C17H24N4. The van der Waals surface area contributed by atoms with Crippen LogP contribution in [0.15, 0.2) is 24.4 Å². The summed E-state index contributed by atoms with van der Waals surface area (Å²) in [5.41, 5.74) is 3.59. The number of aromatic nitrogens is 3. The fourth-order valence-corrected chi connectivity index (χ4v) is 2.37. The van der Waals surface area contributed by atoms with Gasteiger partial charge in [-0.1, -0.05) is 0 Å². The second kappa shape index (κ2) is 5.26. The molecule has 0 spiro atoms. The summed E-state index contributed by atoms with van der Waals surface area (Å²) >= 11 is 0. The number of aryl methyl sites for hydroxylation is 1. The highest BCUT2D eigenvalue weighted by atomic mass is 15.3. The minimum Gasteiger partial charge on any atom is -0.308 e. The molecule has 1 aliphatic carbocycles. The van der Waals surface area contributed by atoms with Gasteiger partial charge in [0, 0.05) is 29.9 Å². The lowest BCUT2D eigenvalue weighted by molar-refractivity contribution is 0.424. The number of nitrogens with zero attached hydrogens (tertiary/aromatic N) is 3. The molecule has 0 amide bonds. The van der Waals surface area contributed by atoms with Gasteiger partial charge in [-0.15, -0.1) is 0 Å². The summed E-state index contributed by atoms with van der Waals surface area (Å²) in [7, 11) is 0. The van der Waals surface area contributed by atoms with Crippen molar-refractivity contribution in [2.24, 2.45) is 0 Å². The molecule has 1 N–H and O–H groups in total. The molecule has 1 fully saturated rings. The smallest absolute Gasteiger partial charge is 0.153 e. The zero-order chi connectivity index (χ0) is 15.0. The molecular weight excluding hydrogens is 260 g/mol. The van der Waals surface area contributed by atoms with Crippen molar-refractivity contribution < 1.29 is 0 Å². The molecule has 0 unspecified atom stereocenters. The number of nitrogens with one attached hydrogen (secondary N) is 1. The molecule has 3 rings (SSSR count). The van der Waals surface area contributed by atoms with Crippen LogP contribution in [0.4, 0.5) is 0 Å². The van der Waals surface area contributed by atoms with E-state index in [0.29, 0.717) is 5.92 Å². The minimum atomic E-state index is 0.113. The lowest BCUT2D eigenvalue weighted by Crippen LogP contribution is -2.35. The first kappa shape index (κ1) is 14.3. The quantitative estimate of drug-likeness (QED) is 0.936. The van der Waals surface area contributed by atoms with Gasteiger partial charge in [-0.05, 0) is 64.3 Å². The van der Waals surface area contributed by atoms with Crippen molar-refractivity contribution in [3.05, 3.63) is 41.3 Å². The Kier molecular flexibility index (Phi) is 3.57. The van der Waals surface area contributed by atoms with E-state index in [1.54, 1.807) is 0 Å². The highest BCUT2D eigenvalue weighted by molar-refractivity contribution is 5.31. The lowest BCUT2D eigenvalue weighted by atomic mass is 10.1. The Morgan fingerprint density at radius 3 is 2.71 bits per heavy atom. The van der Waals surface area contributed by atoms with Crippen LogP contribution in [-0.4, -0.2) is 20.3 Å². The van der Waals surface area contributed by atoms with Crippen molar-refractivity contribution in [3.63, 3.8) is 0 Å². The minimum absolute atomic E-state index is 0.113. The van der Waals surface area contributed by atoms with Gasteiger partial charge in [0.2, 0.25) is 0 Å². The highest BCUT2D eigenvalue weighted by Crippen LogP contribution is 2.38. The normalized spacial score (nSPS) is 15.4. The van der Waals surface area contributed by atoms with E-state index in [9.17, 15) is 0 Å². The van der Waals surface area contributed by atoms with E-state index in [4.69, 9.17) is 0 Å². The molecule has 4 nitrogen and oxygen atoms in total. The Morgan fingerprint density at radius 1 is 1.29 bits per heavy atom. The van der Waals surface area contributed by atoms with Gasteiger partial charge >= 0.3 is 0 Å². The second-order valence-corrected chi connectivity index (χ2v) is 7.04. The molecule has 2 heterocycles. The molecule has 0 radical (unpaired) electrons. The molecule has 4 heteroatoms. The lowest BCUT2D eigenvalue weighted by Gasteiger charge is -2.20. The molecule has 2 aromatic heterocycles. The summed E-state index contributed by atoms with van der Waals surface area (Å²) in [5.74, 6) is 1.59. The first-order valence-corrected chi connectivity index (χ1v) is 7.69. The third kappa shape index (κ3) is 3.70. The van der Waals surface area contributed by atoms with Gasteiger partial charge in [0.05, 0.1) is 5.69 Å². The first-order chi connectivity index (χ1) is 9.90. The molecule has 0 saturated heterocycles. The molecule has 21 heavy (non-hydrogen) atoms. The maximum absolute atomic E-state index is 4.67. The van der Waals surface area contributed by atoms with Crippen molar-refractivity contribution in [3.8, 4) is 5.82 Å². The first-order valence-electron chi connectivity index (χ1n) is 7.69. The van der Waals surface area contributed by atoms with Gasteiger partial charge in [0.1, 0.15) is 0 Å². The van der Waals surface area contributed by atoms with Gasteiger partial charge in [-0.25, -0.2) is 9.67 Å². The monoisotopic (exact) mass is 284 g/mol. The van der Waals surface area contributed by atoms with E-state index < -0.39 is 0 Å². The van der Waals surface area contributed by atoms with Crippen LogP contribution in [0.25, 0.3) is 5.82 Å². The average Bonchev–Trinajstić information content (AvgIpc) is 3.13. The molecule has 0 aromatic carbocycles. The number of hydrogen-bond acceptors (Lipinski definition) is 3. The van der Waals surface area contributed by atoms with Crippen molar-refractivity contribution in [1.29, 1.82) is 0 Å². The zero-order valence-electron chi connectivity index (χ0n) is 13.3. The molecule has 0 aliphatic heterocycles. The fraction of sp³-hybridized carbons (Fsp3) is 0.529. The molecule has 2 aromatic rings. The van der Waals surface area contributed by atoms with E-state index in [2.05, 4.69) is 54.4 Å². The Balaban J connectivity index is 1.82. The predicted octanol–water partition coefficient (Wildman–Crippen LogP) is 3.34. The summed E-state index contributed by atoms with van der Waals surface area (Å²) in [6.07, 6.45) is 4.58. The van der Waals surface area contributed by atoms with Gasteiger partial charge in [0.15, 0.2) is 5.82 Å². The van der Waals surface area contributed by atoms with Crippen LogP contribution >= 0.6 is 0 Å². The van der Waals surface area contributed by atoms with Crippen molar-refractivity contribution in [2.75, 3.05) is 0 Å². The molecule has 1 saturated carbocycles. The Morgan fingerprint density at radius 2 is 2.05 bits per heavy atom. The molecule has 0 atom stereocenters. The highest BCUT2D eigenvalue weighted by Gasteiger charge is 2.26. The van der Waals surface area contributed by atoms with E-state index in [1.807, 2.05) is 17.8 Å². The van der Waals surface area contributed by atoms with Gasteiger partial charge in [0.25, 0.3) is 0 Å². The van der Waals surface area contributed by atoms with E-state index in [1.165, 1.54) is 24.1 Å². The molecule has 1 aliphatic rings. The Labute approximate surface area is 126 Å². The number of hydrogen-bond donors (Lipinski definition) is 1. The largest absolute Gasteiger partial charge is 0.308 e. The Hall–Kier alpha value is -1.68. The van der Waals surface area contributed by atoms with Crippen LogP contribution in [0.2, 0.25) is 0 Å². The molecule has 112 valence electrons. The summed E-state index contributed by atoms with van der Waals surface area (Å²) in [6, 6.07) is 6.37. The Bertz CT molecular complexity index is 632. The van der Waals surface area contributed by atoms with Crippen molar-refractivity contribution in [1.82, 2.24) is 20.1 Å². The average molecular weight is 284 g/mol. The topological polar surface area (TPSA) is 42.7 Å². The summed E-state index contributed by atoms with van der Waals surface area (Å²) in [6.45, 7) is 9.41. The zero-order valence-corrected chi connectivity index (χ0v) is 13.3. The summed E-state index contributed by atoms with van der Waals surface area (Å²) in [4.78, 5) is 4.61. The maximum Gasteiger partial charge on any atom is 0.153 e. The molecule has 0 bridgehead atoms. The van der Waals surface area contributed by atoms with Crippen molar-refractivity contribution in [2.45, 2.75) is 58.5 Å². The third-order valence-electron chi connectivity index (χ3n) is 3.66. The van der Waals surface area contributed by atoms with Gasteiger partial charge in [-0.2, -0.15) is 5.10 Å². The van der Waals surface area contributed by atoms with Crippen molar-refractivity contribution >= 4 is 0 Å². The fourth-order valence-electron chi connectivity index (χ4n) is 2.37. The standard InChI is InChI=1S/C17H24N4/c1-12-9-13(11-18-17(2,3)4)10-16(19-12)21-8-7-15(20-21)14-5-6-14/h7-10,14,18H,5-6,11H2,1-4H3. The van der Waals surface area contributed by atoms with E-state index in [0.717, 1.165) is 18.1 Å². The SMILES string of the molecule is Cc1cc(CNC(C)(C)C)cc(-n2ccc(C3CC3)n2)n1. The van der Waals surface area contributed by atoms with Gasteiger partial charge < -0.3 is 5.32 Å². The summed E-state index contributed by atoms with van der Waals surface area (Å²) < 4.78 is 1.90. The third-order valence-corrected chi connectivity index (χ3v) is 3.66. The van der Waals surface area contributed by atoms with Crippen LogP contribution < -0.4 is 5.32 Å². The van der Waals surface area contributed by atoms with E-state index >= 15 is 0 Å². The van der Waals surface area contributed by atoms with Crippen LogP contribution in [0.3, 0.4) is 0 Å². The summed E-state index contributed by atoms with van der Waals surface area (Å²) in [5, 5.41) is 8.19. The van der Waals surface area contributed by atoms with Crippen LogP contribution in [0, 0.1) is 6.92 Å².